The molecule has 0 atom stereocenters. The molecule has 2 N–H and O–H groups in total. The third-order valence-corrected chi connectivity index (χ3v) is 3.48. The van der Waals surface area contributed by atoms with Gasteiger partial charge in [-0.1, -0.05) is 12.1 Å². The van der Waals surface area contributed by atoms with Gasteiger partial charge in [0.2, 0.25) is 0 Å². The summed E-state index contributed by atoms with van der Waals surface area (Å²) in [6.45, 7) is 3.55. The summed E-state index contributed by atoms with van der Waals surface area (Å²) in [6, 6.07) is 6.81. The molecule has 0 saturated carbocycles. The van der Waals surface area contributed by atoms with E-state index in [0.29, 0.717) is 0 Å². The summed E-state index contributed by atoms with van der Waals surface area (Å²) in [6.07, 6.45) is 3.30. The Bertz CT molecular complexity index is 654. The SMILES string of the molecule is O=C(O)c1cccc(-c2nccnc2N2CCNCC2)c1. The average molecular weight is 284 g/mol. The topological polar surface area (TPSA) is 78.3 Å². The highest BCUT2D eigenvalue weighted by atomic mass is 16.4. The quantitative estimate of drug-likeness (QED) is 0.883. The molecule has 0 unspecified atom stereocenters. The first-order valence-electron chi connectivity index (χ1n) is 6.86. The first kappa shape index (κ1) is 13.5. The van der Waals surface area contributed by atoms with E-state index in [2.05, 4.69) is 20.2 Å². The van der Waals surface area contributed by atoms with E-state index >= 15 is 0 Å². The fourth-order valence-corrected chi connectivity index (χ4v) is 2.44. The summed E-state index contributed by atoms with van der Waals surface area (Å²) >= 11 is 0. The lowest BCUT2D eigenvalue weighted by atomic mass is 10.1. The molecule has 0 amide bonds. The van der Waals surface area contributed by atoms with Crippen molar-refractivity contribution < 1.29 is 9.90 Å². The molecule has 2 aromatic rings. The van der Waals surface area contributed by atoms with Gasteiger partial charge in [0.05, 0.1) is 5.56 Å². The van der Waals surface area contributed by atoms with E-state index in [9.17, 15) is 4.79 Å². The van der Waals surface area contributed by atoms with Gasteiger partial charge in [-0.3, -0.25) is 4.98 Å². The van der Waals surface area contributed by atoms with Crippen LogP contribution in [0.3, 0.4) is 0 Å². The van der Waals surface area contributed by atoms with E-state index in [1.54, 1.807) is 30.6 Å². The summed E-state index contributed by atoms with van der Waals surface area (Å²) in [5.41, 5.74) is 1.75. The second kappa shape index (κ2) is 5.88. The van der Waals surface area contributed by atoms with Crippen LogP contribution in [-0.2, 0) is 0 Å². The van der Waals surface area contributed by atoms with E-state index in [-0.39, 0.29) is 5.56 Å². The third kappa shape index (κ3) is 2.85. The molecule has 1 aliphatic rings. The summed E-state index contributed by atoms with van der Waals surface area (Å²) < 4.78 is 0. The van der Waals surface area contributed by atoms with Crippen LogP contribution in [0.25, 0.3) is 11.3 Å². The van der Waals surface area contributed by atoms with Gasteiger partial charge in [-0.15, -0.1) is 0 Å². The Morgan fingerprint density at radius 3 is 2.71 bits per heavy atom. The number of carboxylic acid groups (broad SMARTS) is 1. The minimum Gasteiger partial charge on any atom is -0.478 e. The largest absolute Gasteiger partial charge is 0.478 e. The molecule has 21 heavy (non-hydrogen) atoms. The monoisotopic (exact) mass is 284 g/mol. The molecule has 1 saturated heterocycles. The number of piperazine rings is 1. The lowest BCUT2D eigenvalue weighted by Crippen LogP contribution is -2.44. The van der Waals surface area contributed by atoms with E-state index in [1.807, 2.05) is 6.07 Å². The molecular formula is C15H16N4O2. The lowest BCUT2D eigenvalue weighted by molar-refractivity contribution is 0.0697. The molecule has 2 heterocycles. The van der Waals surface area contributed by atoms with Crippen LogP contribution in [0.15, 0.2) is 36.7 Å². The van der Waals surface area contributed by atoms with Crippen molar-refractivity contribution >= 4 is 11.8 Å². The van der Waals surface area contributed by atoms with Gasteiger partial charge in [-0.2, -0.15) is 0 Å². The maximum atomic E-state index is 11.1. The fraction of sp³-hybridized carbons (Fsp3) is 0.267. The standard InChI is InChI=1S/C15H16N4O2/c20-15(21)12-3-1-2-11(10-12)13-14(18-5-4-17-13)19-8-6-16-7-9-19/h1-5,10,16H,6-9H2,(H,20,21). The summed E-state index contributed by atoms with van der Waals surface area (Å²) in [5.74, 6) is -0.133. The molecule has 0 aliphatic carbocycles. The molecule has 1 fully saturated rings. The molecule has 108 valence electrons. The molecule has 0 spiro atoms. The van der Waals surface area contributed by atoms with E-state index in [0.717, 1.165) is 43.3 Å². The number of anilines is 1. The number of carboxylic acids is 1. The first-order valence-corrected chi connectivity index (χ1v) is 6.86. The van der Waals surface area contributed by atoms with Gasteiger partial charge in [-0.05, 0) is 12.1 Å². The van der Waals surface area contributed by atoms with Crippen molar-refractivity contribution in [3.05, 3.63) is 42.2 Å². The molecule has 3 rings (SSSR count). The highest BCUT2D eigenvalue weighted by Gasteiger charge is 2.18. The molecule has 6 heteroatoms. The smallest absolute Gasteiger partial charge is 0.335 e. The van der Waals surface area contributed by atoms with Gasteiger partial charge in [0, 0.05) is 44.1 Å². The number of benzene rings is 1. The van der Waals surface area contributed by atoms with Gasteiger partial charge >= 0.3 is 5.97 Å². The van der Waals surface area contributed by atoms with Gasteiger partial charge in [0.1, 0.15) is 5.69 Å². The Labute approximate surface area is 122 Å². The van der Waals surface area contributed by atoms with Gasteiger partial charge in [0.25, 0.3) is 0 Å². The Morgan fingerprint density at radius 2 is 1.95 bits per heavy atom. The predicted octanol–water partition coefficient (Wildman–Crippen LogP) is 1.25. The van der Waals surface area contributed by atoms with Crippen LogP contribution in [0.5, 0.6) is 0 Å². The zero-order valence-corrected chi connectivity index (χ0v) is 11.5. The Kier molecular flexibility index (Phi) is 3.79. The minimum absolute atomic E-state index is 0.254. The highest BCUT2D eigenvalue weighted by Crippen LogP contribution is 2.27. The van der Waals surface area contributed by atoms with E-state index in [1.165, 1.54) is 0 Å². The number of carbonyl (C=O) groups is 1. The van der Waals surface area contributed by atoms with E-state index in [4.69, 9.17) is 5.11 Å². The second-order valence-corrected chi connectivity index (χ2v) is 4.85. The Hall–Kier alpha value is -2.47. The van der Waals surface area contributed by atoms with Crippen LogP contribution < -0.4 is 10.2 Å². The normalized spacial score (nSPS) is 15.0. The molecule has 1 aromatic carbocycles. The number of hydrogen-bond acceptors (Lipinski definition) is 5. The van der Waals surface area contributed by atoms with Gasteiger partial charge in [-0.25, -0.2) is 9.78 Å². The van der Waals surface area contributed by atoms with Gasteiger partial charge in [0.15, 0.2) is 5.82 Å². The Morgan fingerprint density at radius 1 is 1.19 bits per heavy atom. The predicted molar refractivity (Wildman–Crippen MR) is 79.5 cm³/mol. The number of hydrogen-bond donors (Lipinski definition) is 2. The average Bonchev–Trinajstić information content (AvgIpc) is 2.56. The molecule has 6 nitrogen and oxygen atoms in total. The van der Waals surface area contributed by atoms with Crippen LogP contribution in [0.2, 0.25) is 0 Å². The zero-order chi connectivity index (χ0) is 14.7. The number of aromatic nitrogens is 2. The van der Waals surface area contributed by atoms with Gasteiger partial charge < -0.3 is 15.3 Å². The molecular weight excluding hydrogens is 268 g/mol. The maximum absolute atomic E-state index is 11.1. The van der Waals surface area contributed by atoms with Crippen LogP contribution in [0, 0.1) is 0 Å². The van der Waals surface area contributed by atoms with Crippen LogP contribution in [-0.4, -0.2) is 47.2 Å². The minimum atomic E-state index is -0.940. The fourth-order valence-electron chi connectivity index (χ4n) is 2.44. The maximum Gasteiger partial charge on any atom is 0.335 e. The van der Waals surface area contributed by atoms with E-state index < -0.39 is 5.97 Å². The number of nitrogens with one attached hydrogen (secondary N) is 1. The number of nitrogens with zero attached hydrogens (tertiary/aromatic N) is 3. The van der Waals surface area contributed by atoms with Crippen molar-refractivity contribution in [3.63, 3.8) is 0 Å². The Balaban J connectivity index is 2.02. The molecule has 1 aromatic heterocycles. The van der Waals surface area contributed by atoms with Crippen LogP contribution >= 0.6 is 0 Å². The van der Waals surface area contributed by atoms with Crippen molar-refractivity contribution in [2.75, 3.05) is 31.1 Å². The summed E-state index contributed by atoms with van der Waals surface area (Å²) in [5, 5.41) is 12.4. The molecule has 0 bridgehead atoms. The lowest BCUT2D eigenvalue weighted by Gasteiger charge is -2.29. The number of aromatic carboxylic acids is 1. The number of rotatable bonds is 3. The third-order valence-electron chi connectivity index (χ3n) is 3.48. The van der Waals surface area contributed by atoms with Crippen LogP contribution in [0.4, 0.5) is 5.82 Å². The van der Waals surface area contributed by atoms with Crippen molar-refractivity contribution in [2.24, 2.45) is 0 Å². The highest BCUT2D eigenvalue weighted by molar-refractivity contribution is 5.89. The summed E-state index contributed by atoms with van der Waals surface area (Å²) in [7, 11) is 0. The molecule has 1 aliphatic heterocycles. The zero-order valence-electron chi connectivity index (χ0n) is 11.5. The summed E-state index contributed by atoms with van der Waals surface area (Å²) in [4.78, 5) is 22.1. The van der Waals surface area contributed by atoms with Crippen molar-refractivity contribution in [2.45, 2.75) is 0 Å². The van der Waals surface area contributed by atoms with Crippen molar-refractivity contribution in [3.8, 4) is 11.3 Å². The second-order valence-electron chi connectivity index (χ2n) is 4.85. The van der Waals surface area contributed by atoms with Crippen molar-refractivity contribution in [1.82, 2.24) is 15.3 Å². The molecule has 0 radical (unpaired) electrons. The van der Waals surface area contributed by atoms with Crippen molar-refractivity contribution in [1.29, 1.82) is 0 Å². The van der Waals surface area contributed by atoms with Crippen LogP contribution in [0.1, 0.15) is 10.4 Å². The first-order chi connectivity index (χ1) is 10.3.